The van der Waals surface area contributed by atoms with Crippen molar-refractivity contribution in [1.82, 2.24) is 10.2 Å². The summed E-state index contributed by atoms with van der Waals surface area (Å²) in [5.74, 6) is -1.42. The number of hydrogen-bond acceptors (Lipinski definition) is 6. The zero-order chi connectivity index (χ0) is 27.3. The van der Waals surface area contributed by atoms with Crippen LogP contribution in [0.3, 0.4) is 0 Å². The first kappa shape index (κ1) is 27.5. The first-order chi connectivity index (χ1) is 18.3. The Balaban J connectivity index is 1.47. The van der Waals surface area contributed by atoms with Gasteiger partial charge in [-0.2, -0.15) is 0 Å². The molecule has 0 saturated carbocycles. The van der Waals surface area contributed by atoms with E-state index in [4.69, 9.17) is 0 Å². The van der Waals surface area contributed by atoms with Gasteiger partial charge in [-0.3, -0.25) is 14.4 Å². The normalized spacial score (nSPS) is 21.5. The van der Waals surface area contributed by atoms with Crippen LogP contribution in [0.15, 0.2) is 60.7 Å². The molecule has 3 atom stereocenters. The van der Waals surface area contributed by atoms with Gasteiger partial charge in [0.2, 0.25) is 11.8 Å². The maximum Gasteiger partial charge on any atom is 0.264 e. The minimum atomic E-state index is -1.84. The lowest BCUT2D eigenvalue weighted by Crippen LogP contribution is -2.43. The van der Waals surface area contributed by atoms with Crippen molar-refractivity contribution >= 4 is 29.1 Å². The second kappa shape index (κ2) is 11.9. The zero-order valence-electron chi connectivity index (χ0n) is 21.9. The molecule has 202 valence electrons. The van der Waals surface area contributed by atoms with Gasteiger partial charge in [0.05, 0.1) is 18.3 Å². The van der Waals surface area contributed by atoms with Crippen molar-refractivity contribution in [2.45, 2.75) is 44.4 Å². The molecule has 2 aliphatic heterocycles. The average Bonchev–Trinajstić information content (AvgIpc) is 3.53. The van der Waals surface area contributed by atoms with Crippen LogP contribution in [-0.2, 0) is 26.5 Å². The number of likely N-dealkylation sites (N-methyl/N-ethyl adjacent to an activating group) is 1. The van der Waals surface area contributed by atoms with Crippen molar-refractivity contribution < 1.29 is 24.6 Å². The van der Waals surface area contributed by atoms with Gasteiger partial charge in [0, 0.05) is 43.7 Å². The van der Waals surface area contributed by atoms with Gasteiger partial charge in [-0.15, -0.1) is 0 Å². The Bertz CT molecular complexity index is 1190. The van der Waals surface area contributed by atoms with E-state index in [1.165, 1.54) is 4.90 Å². The van der Waals surface area contributed by atoms with Crippen LogP contribution < -0.4 is 15.5 Å². The van der Waals surface area contributed by atoms with E-state index in [9.17, 15) is 24.6 Å². The third-order valence-corrected chi connectivity index (χ3v) is 7.36. The number of aliphatic hydroxyl groups is 2. The van der Waals surface area contributed by atoms with E-state index in [1.807, 2.05) is 30.3 Å². The fraction of sp³-hybridized carbons (Fsp3) is 0.414. The molecule has 2 aliphatic rings. The van der Waals surface area contributed by atoms with E-state index >= 15 is 0 Å². The lowest BCUT2D eigenvalue weighted by molar-refractivity contribution is -0.139. The molecule has 38 heavy (non-hydrogen) atoms. The average molecular weight is 521 g/mol. The van der Waals surface area contributed by atoms with Gasteiger partial charge in [0.1, 0.15) is 0 Å². The predicted molar refractivity (Wildman–Crippen MR) is 145 cm³/mol. The molecule has 0 aliphatic carbocycles. The summed E-state index contributed by atoms with van der Waals surface area (Å²) in [5, 5.41) is 27.2. The monoisotopic (exact) mass is 520 g/mol. The molecule has 0 bridgehead atoms. The van der Waals surface area contributed by atoms with Crippen LogP contribution in [0.5, 0.6) is 0 Å². The van der Waals surface area contributed by atoms with Gasteiger partial charge in [-0.1, -0.05) is 49.4 Å². The Morgan fingerprint density at radius 1 is 1.26 bits per heavy atom. The number of amides is 3. The molecule has 0 spiro atoms. The van der Waals surface area contributed by atoms with Crippen molar-refractivity contribution in [2.75, 3.05) is 37.0 Å². The van der Waals surface area contributed by atoms with Crippen molar-refractivity contribution in [2.24, 2.45) is 5.92 Å². The summed E-state index contributed by atoms with van der Waals surface area (Å²) in [7, 11) is 1.61. The van der Waals surface area contributed by atoms with Crippen LogP contribution in [0.1, 0.15) is 37.3 Å². The Hall–Kier alpha value is -3.53. The van der Waals surface area contributed by atoms with E-state index in [2.05, 4.69) is 10.6 Å². The maximum absolute atomic E-state index is 13.2. The highest BCUT2D eigenvalue weighted by Gasteiger charge is 2.51. The molecule has 9 heteroatoms. The van der Waals surface area contributed by atoms with Crippen LogP contribution in [-0.4, -0.2) is 65.6 Å². The highest BCUT2D eigenvalue weighted by atomic mass is 16.3. The summed E-state index contributed by atoms with van der Waals surface area (Å²) < 4.78 is 0. The van der Waals surface area contributed by atoms with E-state index in [0.717, 1.165) is 24.9 Å². The molecule has 0 aromatic heterocycles. The number of nitrogens with one attached hydrogen (secondary N) is 2. The van der Waals surface area contributed by atoms with Crippen molar-refractivity contribution in [3.8, 4) is 0 Å². The molecule has 3 amide bonds. The molecule has 2 aromatic rings. The quantitative estimate of drug-likeness (QED) is 0.356. The van der Waals surface area contributed by atoms with Gasteiger partial charge in [0.25, 0.3) is 5.91 Å². The molecule has 0 radical (unpaired) electrons. The molecule has 4 rings (SSSR count). The topological polar surface area (TPSA) is 122 Å². The number of nitrogens with zero attached hydrogens (tertiary/aromatic N) is 2. The standard InChI is InChI=1S/C29H36N4O5/c1-20(8-6-12-26(35)33(16-17-34)19-21-9-4-3-5-10-21)29(38)23-18-22(13-14-25(23)32(2)28(29)37)31-27(36)24-11-7-15-30-24/h3-6,8-10,13-14,18,20,24,30,34,38H,7,11-12,15-17,19H2,1-2H3,(H,31,36)/b8-6+/t20-,24+,29+/m0/s1. The van der Waals surface area contributed by atoms with Crippen molar-refractivity contribution in [3.05, 3.63) is 71.8 Å². The van der Waals surface area contributed by atoms with E-state index in [-0.39, 0.29) is 37.4 Å². The van der Waals surface area contributed by atoms with Gasteiger partial charge in [-0.05, 0) is 43.1 Å². The van der Waals surface area contributed by atoms with Gasteiger partial charge >= 0.3 is 0 Å². The highest BCUT2D eigenvalue weighted by molar-refractivity contribution is 6.07. The summed E-state index contributed by atoms with van der Waals surface area (Å²) in [6.07, 6.45) is 5.10. The number of fused-ring (bicyclic) bond motifs is 1. The minimum absolute atomic E-state index is 0.0641. The van der Waals surface area contributed by atoms with Crippen LogP contribution in [0.4, 0.5) is 11.4 Å². The number of hydrogen-bond donors (Lipinski definition) is 4. The molecule has 9 nitrogen and oxygen atoms in total. The van der Waals surface area contributed by atoms with Crippen LogP contribution in [0.25, 0.3) is 0 Å². The third-order valence-electron chi connectivity index (χ3n) is 7.36. The van der Waals surface area contributed by atoms with Crippen LogP contribution in [0.2, 0.25) is 0 Å². The van der Waals surface area contributed by atoms with Crippen molar-refractivity contribution in [1.29, 1.82) is 0 Å². The lowest BCUT2D eigenvalue weighted by Gasteiger charge is -2.27. The SMILES string of the molecule is C[C@@H](/C=C/CC(=O)N(CCO)Cc1ccccc1)[C@]1(O)C(=O)N(C)c2ccc(NC(=O)[C@H]3CCCN3)cc21. The second-order valence-corrected chi connectivity index (χ2v) is 9.95. The summed E-state index contributed by atoms with van der Waals surface area (Å²) in [6.45, 7) is 2.98. The van der Waals surface area contributed by atoms with Crippen LogP contribution in [0, 0.1) is 5.92 Å². The van der Waals surface area contributed by atoms with Gasteiger partial charge in [0.15, 0.2) is 5.60 Å². The number of benzene rings is 2. The third kappa shape index (κ3) is 5.65. The molecule has 0 unspecified atom stereocenters. The number of anilines is 2. The number of carbonyl (C=O) groups is 3. The molecule has 1 fully saturated rings. The maximum atomic E-state index is 13.2. The number of rotatable bonds is 10. The Morgan fingerprint density at radius 3 is 2.71 bits per heavy atom. The fourth-order valence-electron chi connectivity index (χ4n) is 5.13. The van der Waals surface area contributed by atoms with E-state index < -0.39 is 17.4 Å². The fourth-order valence-corrected chi connectivity index (χ4v) is 5.13. The summed E-state index contributed by atoms with van der Waals surface area (Å²) in [4.78, 5) is 41.7. The Morgan fingerprint density at radius 2 is 2.03 bits per heavy atom. The summed E-state index contributed by atoms with van der Waals surface area (Å²) in [6, 6.07) is 14.4. The molecule has 4 N–H and O–H groups in total. The Labute approximate surface area is 223 Å². The molecule has 2 aromatic carbocycles. The first-order valence-corrected chi connectivity index (χ1v) is 13.0. The summed E-state index contributed by atoms with van der Waals surface area (Å²) >= 11 is 0. The molecule has 2 heterocycles. The molecular formula is C29H36N4O5. The summed E-state index contributed by atoms with van der Waals surface area (Å²) in [5.41, 5.74) is 0.615. The lowest BCUT2D eigenvalue weighted by atomic mass is 9.82. The zero-order valence-corrected chi connectivity index (χ0v) is 21.9. The molecule has 1 saturated heterocycles. The largest absolute Gasteiger partial charge is 0.395 e. The van der Waals surface area contributed by atoms with Gasteiger partial charge < -0.3 is 30.6 Å². The van der Waals surface area contributed by atoms with Crippen molar-refractivity contribution in [3.63, 3.8) is 0 Å². The van der Waals surface area contributed by atoms with Gasteiger partial charge in [-0.25, -0.2) is 0 Å². The van der Waals surface area contributed by atoms with E-state index in [0.29, 0.717) is 23.5 Å². The smallest absolute Gasteiger partial charge is 0.264 e. The predicted octanol–water partition coefficient (Wildman–Crippen LogP) is 2.14. The first-order valence-electron chi connectivity index (χ1n) is 13.0. The number of carbonyl (C=O) groups excluding carboxylic acids is 3. The Kier molecular flexibility index (Phi) is 8.61. The second-order valence-electron chi connectivity index (χ2n) is 9.95. The van der Waals surface area contributed by atoms with Crippen LogP contribution >= 0.6 is 0 Å². The number of aliphatic hydroxyl groups excluding tert-OH is 1. The minimum Gasteiger partial charge on any atom is -0.395 e. The van der Waals surface area contributed by atoms with E-state index in [1.54, 1.807) is 49.2 Å². The highest BCUT2D eigenvalue weighted by Crippen LogP contribution is 2.45. The molecular weight excluding hydrogens is 484 g/mol.